The molecule has 5 nitrogen and oxygen atoms in total. The minimum absolute atomic E-state index is 0.0108. The van der Waals surface area contributed by atoms with E-state index in [1.54, 1.807) is 18.9 Å². The summed E-state index contributed by atoms with van der Waals surface area (Å²) in [6.07, 6.45) is 0.794. The van der Waals surface area contributed by atoms with Gasteiger partial charge in [0.05, 0.1) is 13.5 Å². The number of hydrogen-bond donors (Lipinski definition) is 2. The van der Waals surface area contributed by atoms with Crippen molar-refractivity contribution >= 4 is 23.6 Å². The van der Waals surface area contributed by atoms with E-state index in [9.17, 15) is 9.59 Å². The lowest BCUT2D eigenvalue weighted by Crippen LogP contribution is -2.35. The van der Waals surface area contributed by atoms with Gasteiger partial charge in [-0.1, -0.05) is 30.3 Å². The number of hydrogen-bond acceptors (Lipinski definition) is 4. The Morgan fingerprint density at radius 2 is 1.58 bits per heavy atom. The van der Waals surface area contributed by atoms with Gasteiger partial charge in [0.1, 0.15) is 5.75 Å². The van der Waals surface area contributed by atoms with Crippen molar-refractivity contribution in [3.05, 3.63) is 60.2 Å². The van der Waals surface area contributed by atoms with Gasteiger partial charge < -0.3 is 15.4 Å². The number of carbonyl (C=O) groups excluding carboxylic acids is 2. The molecule has 0 radical (unpaired) electrons. The zero-order valence-electron chi connectivity index (χ0n) is 14.9. The second-order valence-electron chi connectivity index (χ2n) is 5.64. The van der Waals surface area contributed by atoms with Gasteiger partial charge >= 0.3 is 0 Å². The van der Waals surface area contributed by atoms with Crippen molar-refractivity contribution in [2.75, 3.05) is 26.0 Å². The SMILES string of the molecule is COc1ccc(SCCC(=O)NCCNC(=O)Cc2ccccc2)cc1. The average Bonchev–Trinajstić information content (AvgIpc) is 2.66. The van der Waals surface area contributed by atoms with Crippen molar-refractivity contribution < 1.29 is 14.3 Å². The first kappa shape index (κ1) is 19.8. The number of methoxy groups -OCH3 is 1. The summed E-state index contributed by atoms with van der Waals surface area (Å²) in [4.78, 5) is 24.7. The van der Waals surface area contributed by atoms with Crippen LogP contribution in [0, 0.1) is 0 Å². The maximum atomic E-state index is 11.8. The van der Waals surface area contributed by atoms with E-state index in [4.69, 9.17) is 4.74 Å². The van der Waals surface area contributed by atoms with Crippen LogP contribution in [0.4, 0.5) is 0 Å². The largest absolute Gasteiger partial charge is 0.497 e. The predicted molar refractivity (Wildman–Crippen MR) is 105 cm³/mol. The molecule has 6 heteroatoms. The molecule has 2 N–H and O–H groups in total. The Kier molecular flexibility index (Phi) is 8.55. The van der Waals surface area contributed by atoms with Crippen LogP contribution in [0.5, 0.6) is 5.75 Å². The molecule has 0 aliphatic rings. The first-order chi connectivity index (χ1) is 12.7. The molecule has 0 spiro atoms. The standard InChI is InChI=1S/C20H24N2O3S/c1-25-17-7-9-18(10-8-17)26-14-11-19(23)21-12-13-22-20(24)15-16-5-3-2-4-6-16/h2-10H,11-15H2,1H3,(H,21,23)(H,22,24). The van der Waals surface area contributed by atoms with Gasteiger partial charge in [0.15, 0.2) is 0 Å². The Morgan fingerprint density at radius 3 is 2.23 bits per heavy atom. The smallest absolute Gasteiger partial charge is 0.224 e. The van der Waals surface area contributed by atoms with Crippen molar-refractivity contribution in [3.63, 3.8) is 0 Å². The van der Waals surface area contributed by atoms with Crippen LogP contribution in [0.3, 0.4) is 0 Å². The summed E-state index contributed by atoms with van der Waals surface area (Å²) < 4.78 is 5.11. The number of rotatable bonds is 10. The highest BCUT2D eigenvalue weighted by Crippen LogP contribution is 2.21. The monoisotopic (exact) mass is 372 g/mol. The molecule has 2 aromatic rings. The molecule has 0 aliphatic carbocycles. The number of amides is 2. The van der Waals surface area contributed by atoms with Gasteiger partial charge in [-0.05, 0) is 29.8 Å². The van der Waals surface area contributed by atoms with Gasteiger partial charge in [-0.15, -0.1) is 11.8 Å². The molecular formula is C20H24N2O3S. The highest BCUT2D eigenvalue weighted by atomic mass is 32.2. The van der Waals surface area contributed by atoms with E-state index in [1.807, 2.05) is 54.6 Å². The first-order valence-electron chi connectivity index (χ1n) is 8.51. The van der Waals surface area contributed by atoms with E-state index in [-0.39, 0.29) is 11.8 Å². The highest BCUT2D eigenvalue weighted by molar-refractivity contribution is 7.99. The second kappa shape index (κ2) is 11.2. The van der Waals surface area contributed by atoms with Crippen molar-refractivity contribution in [1.82, 2.24) is 10.6 Å². The van der Waals surface area contributed by atoms with Gasteiger partial charge in [0, 0.05) is 30.2 Å². The summed E-state index contributed by atoms with van der Waals surface area (Å²) in [5, 5.41) is 5.63. The molecule has 0 atom stereocenters. The van der Waals surface area contributed by atoms with Crippen molar-refractivity contribution in [1.29, 1.82) is 0 Å². The average molecular weight is 372 g/mol. The van der Waals surface area contributed by atoms with E-state index in [1.165, 1.54) is 0 Å². The maximum Gasteiger partial charge on any atom is 0.224 e. The summed E-state index contributed by atoms with van der Waals surface area (Å²) in [5.41, 5.74) is 0.976. The fourth-order valence-electron chi connectivity index (χ4n) is 2.27. The van der Waals surface area contributed by atoms with E-state index in [0.29, 0.717) is 31.7 Å². The molecule has 0 fully saturated rings. The third-order valence-electron chi connectivity index (χ3n) is 3.63. The van der Waals surface area contributed by atoms with Crippen LogP contribution in [0.1, 0.15) is 12.0 Å². The topological polar surface area (TPSA) is 67.4 Å². The molecule has 2 aromatic carbocycles. The molecule has 26 heavy (non-hydrogen) atoms. The van der Waals surface area contributed by atoms with Crippen LogP contribution < -0.4 is 15.4 Å². The van der Waals surface area contributed by atoms with Gasteiger partial charge in [0.2, 0.25) is 11.8 Å². The van der Waals surface area contributed by atoms with Crippen molar-refractivity contribution in [3.8, 4) is 5.75 Å². The molecule has 138 valence electrons. The van der Waals surface area contributed by atoms with Gasteiger partial charge in [-0.25, -0.2) is 0 Å². The Bertz CT molecular complexity index is 690. The lowest BCUT2D eigenvalue weighted by atomic mass is 10.1. The number of ether oxygens (including phenoxy) is 1. The Labute approximate surface area is 158 Å². The fraction of sp³-hybridized carbons (Fsp3) is 0.300. The number of benzene rings is 2. The maximum absolute atomic E-state index is 11.8. The molecule has 0 saturated carbocycles. The van der Waals surface area contributed by atoms with Crippen molar-refractivity contribution in [2.24, 2.45) is 0 Å². The third-order valence-corrected chi connectivity index (χ3v) is 4.65. The zero-order valence-corrected chi connectivity index (χ0v) is 15.7. The van der Waals surface area contributed by atoms with E-state index in [0.717, 1.165) is 16.2 Å². The summed E-state index contributed by atoms with van der Waals surface area (Å²) in [6.45, 7) is 0.871. The van der Waals surface area contributed by atoms with Crippen LogP contribution in [-0.2, 0) is 16.0 Å². The Hall–Kier alpha value is -2.47. The quantitative estimate of drug-likeness (QED) is 0.497. The highest BCUT2D eigenvalue weighted by Gasteiger charge is 2.04. The predicted octanol–water partition coefficient (Wildman–Crippen LogP) is 2.65. The minimum atomic E-state index is -0.0412. The zero-order chi connectivity index (χ0) is 18.6. The summed E-state index contributed by atoms with van der Waals surface area (Å²) in [7, 11) is 1.64. The molecule has 2 rings (SSSR count). The number of nitrogens with one attached hydrogen (secondary N) is 2. The van der Waals surface area contributed by atoms with E-state index in [2.05, 4.69) is 10.6 Å². The lowest BCUT2D eigenvalue weighted by Gasteiger charge is -2.07. The van der Waals surface area contributed by atoms with Gasteiger partial charge in [-0.2, -0.15) is 0 Å². The van der Waals surface area contributed by atoms with Gasteiger partial charge in [0.25, 0.3) is 0 Å². The molecule has 0 aromatic heterocycles. The van der Waals surface area contributed by atoms with E-state index < -0.39 is 0 Å². The van der Waals surface area contributed by atoms with Gasteiger partial charge in [-0.3, -0.25) is 9.59 Å². The van der Waals surface area contributed by atoms with Crippen LogP contribution in [0.25, 0.3) is 0 Å². The van der Waals surface area contributed by atoms with Crippen LogP contribution in [0.15, 0.2) is 59.5 Å². The lowest BCUT2D eigenvalue weighted by molar-refractivity contribution is -0.122. The van der Waals surface area contributed by atoms with Crippen molar-refractivity contribution in [2.45, 2.75) is 17.7 Å². The van der Waals surface area contributed by atoms with E-state index >= 15 is 0 Å². The Balaban J connectivity index is 1.53. The normalized spacial score (nSPS) is 10.2. The molecule has 0 saturated heterocycles. The Morgan fingerprint density at radius 1 is 0.923 bits per heavy atom. The molecular weight excluding hydrogens is 348 g/mol. The summed E-state index contributed by atoms with van der Waals surface area (Å²) in [5.74, 6) is 1.48. The first-order valence-corrected chi connectivity index (χ1v) is 9.50. The molecule has 0 heterocycles. The molecule has 0 aliphatic heterocycles. The second-order valence-corrected chi connectivity index (χ2v) is 6.80. The molecule has 0 bridgehead atoms. The molecule has 0 unspecified atom stereocenters. The summed E-state index contributed by atoms with van der Waals surface area (Å²) in [6, 6.07) is 17.3. The molecule has 2 amide bonds. The fourth-order valence-corrected chi connectivity index (χ4v) is 3.12. The van der Waals surface area contributed by atoms with Crippen LogP contribution >= 0.6 is 11.8 Å². The summed E-state index contributed by atoms with van der Waals surface area (Å²) >= 11 is 1.63. The van der Waals surface area contributed by atoms with Crippen LogP contribution in [0.2, 0.25) is 0 Å². The number of thioether (sulfide) groups is 1. The number of carbonyl (C=O) groups is 2. The minimum Gasteiger partial charge on any atom is -0.497 e. The van der Waals surface area contributed by atoms with Crippen LogP contribution in [-0.4, -0.2) is 37.8 Å². The third kappa shape index (κ3) is 7.61.